The number of alkyl halides is 3. The molecule has 1 fully saturated rings. The monoisotopic (exact) mass is 343 g/mol. The highest BCUT2D eigenvalue weighted by molar-refractivity contribution is 6.24. The third kappa shape index (κ3) is 3.06. The number of hydrogen-bond acceptors (Lipinski definition) is 3. The predicted molar refractivity (Wildman–Crippen MR) is 78.9 cm³/mol. The standard InChI is InChI=1S/C15H16F3N3O3/c1-2-3-9-11(22)19-14(15(16,17)18)12(23)21(13(24)20-14)10-7-5-4-6-8-10/h4-8H,2-3,9H2,1H3,(H,19,22)(H,20,24)/t14-/m1/s1. The van der Waals surface area contributed by atoms with Crippen LogP contribution in [-0.4, -0.2) is 29.7 Å². The summed E-state index contributed by atoms with van der Waals surface area (Å²) in [4.78, 5) is 36.5. The van der Waals surface area contributed by atoms with Gasteiger partial charge in [-0.3, -0.25) is 14.9 Å². The van der Waals surface area contributed by atoms with Crippen molar-refractivity contribution in [1.82, 2.24) is 10.6 Å². The Kier molecular flexibility index (Phi) is 4.81. The van der Waals surface area contributed by atoms with Crippen molar-refractivity contribution in [2.45, 2.75) is 38.0 Å². The zero-order chi connectivity index (χ0) is 18.0. The first kappa shape index (κ1) is 17.8. The maximum atomic E-state index is 13.5. The molecule has 0 saturated carbocycles. The molecule has 0 aromatic heterocycles. The van der Waals surface area contributed by atoms with E-state index in [1.54, 1.807) is 23.6 Å². The van der Waals surface area contributed by atoms with E-state index >= 15 is 0 Å². The fourth-order valence-electron chi connectivity index (χ4n) is 2.30. The van der Waals surface area contributed by atoms with Gasteiger partial charge in [0, 0.05) is 6.42 Å². The van der Waals surface area contributed by atoms with Crippen molar-refractivity contribution in [1.29, 1.82) is 0 Å². The summed E-state index contributed by atoms with van der Waals surface area (Å²) in [6.07, 6.45) is -4.40. The average molecular weight is 343 g/mol. The number of carbonyl (C=O) groups is 3. The van der Waals surface area contributed by atoms with Gasteiger partial charge >= 0.3 is 12.2 Å². The molecule has 130 valence electrons. The molecule has 0 aliphatic carbocycles. The molecule has 1 aliphatic heterocycles. The van der Waals surface area contributed by atoms with Crippen molar-refractivity contribution >= 4 is 23.5 Å². The maximum absolute atomic E-state index is 13.5. The highest BCUT2D eigenvalue weighted by atomic mass is 19.4. The van der Waals surface area contributed by atoms with Crippen molar-refractivity contribution in [3.8, 4) is 0 Å². The van der Waals surface area contributed by atoms with Crippen molar-refractivity contribution < 1.29 is 27.6 Å². The lowest BCUT2D eigenvalue weighted by Crippen LogP contribution is -2.69. The molecule has 1 aromatic rings. The summed E-state index contributed by atoms with van der Waals surface area (Å²) < 4.78 is 40.6. The lowest BCUT2D eigenvalue weighted by atomic mass is 10.1. The van der Waals surface area contributed by atoms with Gasteiger partial charge in [-0.2, -0.15) is 13.2 Å². The van der Waals surface area contributed by atoms with Crippen LogP contribution in [0.1, 0.15) is 26.2 Å². The van der Waals surface area contributed by atoms with Gasteiger partial charge in [-0.05, 0) is 18.6 Å². The number of rotatable bonds is 5. The summed E-state index contributed by atoms with van der Waals surface area (Å²) in [6, 6.07) is 5.93. The lowest BCUT2D eigenvalue weighted by Gasteiger charge is -2.29. The molecular formula is C15H16F3N3O3. The largest absolute Gasteiger partial charge is 0.440 e. The molecule has 1 aliphatic rings. The van der Waals surface area contributed by atoms with E-state index in [1.165, 1.54) is 24.3 Å². The second-order valence-electron chi connectivity index (χ2n) is 5.31. The average Bonchev–Trinajstić information content (AvgIpc) is 2.77. The van der Waals surface area contributed by atoms with Crippen LogP contribution in [0.2, 0.25) is 0 Å². The molecule has 1 saturated heterocycles. The number of anilines is 1. The van der Waals surface area contributed by atoms with Crippen LogP contribution in [0.3, 0.4) is 0 Å². The predicted octanol–water partition coefficient (Wildman–Crippen LogP) is 2.31. The van der Waals surface area contributed by atoms with Gasteiger partial charge in [-0.25, -0.2) is 9.69 Å². The number of halogens is 3. The summed E-state index contributed by atoms with van der Waals surface area (Å²) >= 11 is 0. The highest BCUT2D eigenvalue weighted by Crippen LogP contribution is 2.35. The smallest absolute Gasteiger partial charge is 0.318 e. The van der Waals surface area contributed by atoms with E-state index in [-0.39, 0.29) is 12.1 Å². The third-order valence-corrected chi connectivity index (χ3v) is 3.55. The van der Waals surface area contributed by atoms with Crippen molar-refractivity contribution in [3.05, 3.63) is 30.3 Å². The second-order valence-corrected chi connectivity index (χ2v) is 5.31. The van der Waals surface area contributed by atoms with Crippen LogP contribution in [0.5, 0.6) is 0 Å². The zero-order valence-corrected chi connectivity index (χ0v) is 12.8. The number of imide groups is 1. The Hall–Kier alpha value is -2.58. The Bertz CT molecular complexity index is 648. The first-order valence-corrected chi connectivity index (χ1v) is 7.32. The summed E-state index contributed by atoms with van der Waals surface area (Å²) in [6.45, 7) is 1.77. The molecule has 0 bridgehead atoms. The first-order chi connectivity index (χ1) is 11.2. The van der Waals surface area contributed by atoms with Crippen LogP contribution < -0.4 is 15.5 Å². The Morgan fingerprint density at radius 1 is 1.25 bits per heavy atom. The third-order valence-electron chi connectivity index (χ3n) is 3.55. The molecule has 1 atom stereocenters. The normalized spacial score (nSPS) is 20.9. The minimum atomic E-state index is -5.19. The van der Waals surface area contributed by atoms with Crippen molar-refractivity contribution in [2.24, 2.45) is 0 Å². The van der Waals surface area contributed by atoms with Crippen molar-refractivity contribution in [2.75, 3.05) is 4.90 Å². The summed E-state index contributed by atoms with van der Waals surface area (Å²) in [5.41, 5.74) is -3.47. The van der Waals surface area contributed by atoms with Gasteiger partial charge in [0.25, 0.3) is 11.6 Å². The Labute approximate surface area is 136 Å². The molecule has 1 aromatic carbocycles. The SMILES string of the molecule is CCCCC(=O)N[C@@]1(C(F)(F)F)NC(=O)N(c2ccccc2)C1=O. The van der Waals surface area contributed by atoms with Crippen molar-refractivity contribution in [3.63, 3.8) is 0 Å². The minimum absolute atomic E-state index is 0.0195. The van der Waals surface area contributed by atoms with Crippen LogP contribution in [0, 0.1) is 0 Å². The van der Waals surface area contributed by atoms with E-state index in [4.69, 9.17) is 0 Å². The molecule has 0 spiro atoms. The number of amides is 4. The Morgan fingerprint density at radius 2 is 1.88 bits per heavy atom. The van der Waals surface area contributed by atoms with E-state index in [0.717, 1.165) is 0 Å². The number of unbranched alkanes of at least 4 members (excludes halogenated alkanes) is 1. The fourth-order valence-corrected chi connectivity index (χ4v) is 2.30. The second kappa shape index (κ2) is 6.50. The number of carbonyl (C=O) groups excluding carboxylic acids is 3. The molecular weight excluding hydrogens is 327 g/mol. The van der Waals surface area contributed by atoms with Crippen LogP contribution in [-0.2, 0) is 9.59 Å². The van der Waals surface area contributed by atoms with E-state index < -0.39 is 29.7 Å². The minimum Gasteiger partial charge on any atom is -0.318 e. The van der Waals surface area contributed by atoms with Crippen LogP contribution in [0.15, 0.2) is 30.3 Å². The van der Waals surface area contributed by atoms with Gasteiger partial charge in [0.1, 0.15) is 0 Å². The summed E-state index contributed by atoms with van der Waals surface area (Å²) in [5.74, 6) is -2.55. The van der Waals surface area contributed by atoms with Crippen LogP contribution in [0.25, 0.3) is 0 Å². The first-order valence-electron chi connectivity index (χ1n) is 7.32. The van der Waals surface area contributed by atoms with E-state index in [0.29, 0.717) is 17.7 Å². The van der Waals surface area contributed by atoms with Gasteiger partial charge in [0.15, 0.2) is 0 Å². The van der Waals surface area contributed by atoms with Crippen LogP contribution in [0.4, 0.5) is 23.7 Å². The molecule has 4 amide bonds. The topological polar surface area (TPSA) is 78.5 Å². The van der Waals surface area contributed by atoms with E-state index in [1.807, 2.05) is 0 Å². The number of nitrogens with one attached hydrogen (secondary N) is 2. The number of para-hydroxylation sites is 1. The molecule has 2 rings (SSSR count). The molecule has 9 heteroatoms. The highest BCUT2D eigenvalue weighted by Gasteiger charge is 2.69. The van der Waals surface area contributed by atoms with E-state index in [2.05, 4.69) is 0 Å². The molecule has 2 N–H and O–H groups in total. The molecule has 0 unspecified atom stereocenters. The molecule has 6 nitrogen and oxygen atoms in total. The Balaban J connectivity index is 2.37. The number of urea groups is 1. The quantitative estimate of drug-likeness (QED) is 0.806. The zero-order valence-electron chi connectivity index (χ0n) is 12.8. The molecule has 1 heterocycles. The number of hydrogen-bond donors (Lipinski definition) is 2. The molecule has 0 radical (unpaired) electrons. The summed E-state index contributed by atoms with van der Waals surface area (Å²) in [7, 11) is 0. The van der Waals surface area contributed by atoms with Crippen LogP contribution >= 0.6 is 0 Å². The van der Waals surface area contributed by atoms with Gasteiger partial charge in [-0.15, -0.1) is 0 Å². The lowest BCUT2D eigenvalue weighted by molar-refractivity contribution is -0.201. The number of nitrogens with zero attached hydrogens (tertiary/aromatic N) is 1. The molecule has 24 heavy (non-hydrogen) atoms. The van der Waals surface area contributed by atoms with Gasteiger partial charge in [0.05, 0.1) is 5.69 Å². The van der Waals surface area contributed by atoms with Gasteiger partial charge < -0.3 is 5.32 Å². The van der Waals surface area contributed by atoms with E-state index in [9.17, 15) is 27.6 Å². The van der Waals surface area contributed by atoms with Gasteiger partial charge in [0.2, 0.25) is 5.91 Å². The fraction of sp³-hybridized carbons (Fsp3) is 0.400. The number of benzene rings is 1. The maximum Gasteiger partial charge on any atom is 0.440 e. The van der Waals surface area contributed by atoms with Gasteiger partial charge in [-0.1, -0.05) is 31.5 Å². The summed E-state index contributed by atoms with van der Waals surface area (Å²) in [5, 5.41) is 3.25. The Morgan fingerprint density at radius 3 is 2.42 bits per heavy atom.